The number of amides is 2. The highest BCUT2D eigenvalue weighted by Crippen LogP contribution is 2.20. The molecule has 2 rings (SSSR count). The molecule has 0 aliphatic rings. The lowest BCUT2D eigenvalue weighted by Crippen LogP contribution is -2.20. The number of hydrogen-bond acceptors (Lipinski definition) is 3. The van der Waals surface area contributed by atoms with Gasteiger partial charge in [0.2, 0.25) is 0 Å². The Balaban J connectivity index is 2.04. The lowest BCUT2D eigenvalue weighted by Gasteiger charge is -2.11. The molecule has 0 atom stereocenters. The van der Waals surface area contributed by atoms with E-state index in [1.807, 2.05) is 25.1 Å². The van der Waals surface area contributed by atoms with Crippen LogP contribution in [0.4, 0.5) is 16.2 Å². The monoisotopic (exact) mass is 410 g/mol. The number of carbonyl (C=O) groups is 2. The Morgan fingerprint density at radius 2 is 1.86 bits per heavy atom. The highest BCUT2D eigenvalue weighted by atomic mass is 127. The Morgan fingerprint density at radius 3 is 2.55 bits per heavy atom. The second kappa shape index (κ2) is 7.26. The van der Waals surface area contributed by atoms with Gasteiger partial charge in [0, 0.05) is 27.9 Å². The Morgan fingerprint density at radius 1 is 1.09 bits per heavy atom. The van der Waals surface area contributed by atoms with Gasteiger partial charge in [0.15, 0.2) is 0 Å². The van der Waals surface area contributed by atoms with Crippen molar-refractivity contribution >= 4 is 46.0 Å². The van der Waals surface area contributed by atoms with Crippen LogP contribution in [-0.4, -0.2) is 12.0 Å². The van der Waals surface area contributed by atoms with E-state index in [0.717, 1.165) is 14.8 Å². The van der Waals surface area contributed by atoms with Crippen LogP contribution in [0.3, 0.4) is 0 Å². The number of benzene rings is 2. The van der Waals surface area contributed by atoms with Crippen molar-refractivity contribution in [2.24, 2.45) is 0 Å². The minimum absolute atomic E-state index is 0.357. The molecular formula is C16H15IN2O3. The van der Waals surface area contributed by atoms with E-state index < -0.39 is 5.97 Å². The molecule has 0 bridgehead atoms. The fraction of sp³-hybridized carbons (Fsp3) is 0.125. The van der Waals surface area contributed by atoms with Crippen LogP contribution in [0, 0.1) is 10.5 Å². The molecule has 22 heavy (non-hydrogen) atoms. The Hall–Kier alpha value is -2.09. The van der Waals surface area contributed by atoms with Gasteiger partial charge in [-0.3, -0.25) is 4.79 Å². The average Bonchev–Trinajstić information content (AvgIpc) is 2.41. The first-order chi connectivity index (χ1) is 10.4. The van der Waals surface area contributed by atoms with Crippen molar-refractivity contribution in [2.75, 3.05) is 10.6 Å². The summed E-state index contributed by atoms with van der Waals surface area (Å²) in [5, 5.41) is 5.49. The molecule has 2 aromatic rings. The minimum Gasteiger partial charge on any atom is -0.427 e. The van der Waals surface area contributed by atoms with Crippen LogP contribution >= 0.6 is 22.6 Å². The van der Waals surface area contributed by atoms with E-state index in [1.165, 1.54) is 6.92 Å². The summed E-state index contributed by atoms with van der Waals surface area (Å²) < 4.78 is 6.08. The predicted molar refractivity (Wildman–Crippen MR) is 94.3 cm³/mol. The smallest absolute Gasteiger partial charge is 0.323 e. The molecule has 6 heteroatoms. The fourth-order valence-electron chi connectivity index (χ4n) is 1.86. The lowest BCUT2D eigenvalue weighted by molar-refractivity contribution is -0.131. The second-order valence-corrected chi connectivity index (χ2v) is 5.91. The maximum absolute atomic E-state index is 12.0. The molecular weight excluding hydrogens is 395 g/mol. The molecule has 0 fully saturated rings. The zero-order valence-electron chi connectivity index (χ0n) is 12.1. The summed E-state index contributed by atoms with van der Waals surface area (Å²) in [5.74, 6) is -0.0214. The van der Waals surface area contributed by atoms with Crippen molar-refractivity contribution in [3.8, 4) is 5.75 Å². The summed E-state index contributed by atoms with van der Waals surface area (Å²) in [7, 11) is 0. The van der Waals surface area contributed by atoms with E-state index in [0.29, 0.717) is 11.4 Å². The largest absolute Gasteiger partial charge is 0.427 e. The van der Waals surface area contributed by atoms with E-state index in [-0.39, 0.29) is 6.03 Å². The Labute approximate surface area is 142 Å². The number of aryl methyl sites for hydroxylation is 1. The first-order valence-corrected chi connectivity index (χ1v) is 7.64. The van der Waals surface area contributed by atoms with Crippen LogP contribution in [-0.2, 0) is 4.79 Å². The number of nitrogens with one attached hydrogen (secondary N) is 2. The first kappa shape index (κ1) is 16.3. The van der Waals surface area contributed by atoms with Gasteiger partial charge in [-0.1, -0.05) is 6.07 Å². The molecule has 0 unspecified atom stereocenters. The number of urea groups is 1. The molecule has 2 aromatic carbocycles. The topological polar surface area (TPSA) is 67.4 Å². The minimum atomic E-state index is -0.406. The molecule has 0 saturated carbocycles. The van der Waals surface area contributed by atoms with Crippen LogP contribution < -0.4 is 15.4 Å². The number of halogens is 1. The fourth-order valence-corrected chi connectivity index (χ4v) is 2.50. The molecule has 114 valence electrons. The third-order valence-corrected chi connectivity index (χ3v) is 3.46. The van der Waals surface area contributed by atoms with E-state index in [9.17, 15) is 9.59 Å². The van der Waals surface area contributed by atoms with Crippen LogP contribution in [0.5, 0.6) is 5.75 Å². The highest BCUT2D eigenvalue weighted by Gasteiger charge is 2.06. The molecule has 2 amide bonds. The predicted octanol–water partition coefficient (Wildman–Crippen LogP) is 4.17. The third-order valence-electron chi connectivity index (χ3n) is 2.79. The van der Waals surface area contributed by atoms with Gasteiger partial charge in [-0.05, 0) is 65.4 Å². The van der Waals surface area contributed by atoms with Crippen LogP contribution in [0.1, 0.15) is 12.5 Å². The van der Waals surface area contributed by atoms with Crippen molar-refractivity contribution in [2.45, 2.75) is 13.8 Å². The molecule has 0 heterocycles. The van der Waals surface area contributed by atoms with Crippen molar-refractivity contribution in [1.29, 1.82) is 0 Å². The van der Waals surface area contributed by atoms with E-state index in [1.54, 1.807) is 24.3 Å². The zero-order chi connectivity index (χ0) is 16.1. The molecule has 0 aromatic heterocycles. The molecule has 0 saturated heterocycles. The zero-order valence-corrected chi connectivity index (χ0v) is 14.3. The number of ether oxygens (including phenoxy) is 1. The summed E-state index contributed by atoms with van der Waals surface area (Å²) in [6, 6.07) is 12.0. The summed E-state index contributed by atoms with van der Waals surface area (Å²) >= 11 is 2.22. The summed E-state index contributed by atoms with van der Waals surface area (Å²) in [6.07, 6.45) is 0. The number of carbonyl (C=O) groups excluding carboxylic acids is 2. The van der Waals surface area contributed by atoms with Crippen molar-refractivity contribution in [1.82, 2.24) is 0 Å². The van der Waals surface area contributed by atoms with Crippen molar-refractivity contribution in [3.05, 3.63) is 51.6 Å². The van der Waals surface area contributed by atoms with E-state index in [2.05, 4.69) is 33.2 Å². The Kier molecular flexibility index (Phi) is 5.37. The quantitative estimate of drug-likeness (QED) is 0.454. The number of rotatable bonds is 3. The lowest BCUT2D eigenvalue weighted by atomic mass is 10.2. The molecule has 2 N–H and O–H groups in total. The van der Waals surface area contributed by atoms with Gasteiger partial charge in [0.1, 0.15) is 5.75 Å². The number of esters is 1. The molecule has 0 radical (unpaired) electrons. The molecule has 0 aliphatic carbocycles. The van der Waals surface area contributed by atoms with Gasteiger partial charge in [-0.25, -0.2) is 4.79 Å². The van der Waals surface area contributed by atoms with Crippen LogP contribution in [0.15, 0.2) is 42.5 Å². The van der Waals surface area contributed by atoms with Gasteiger partial charge < -0.3 is 15.4 Å². The molecule has 0 aliphatic heterocycles. The second-order valence-electron chi connectivity index (χ2n) is 4.66. The van der Waals surface area contributed by atoms with E-state index >= 15 is 0 Å². The van der Waals surface area contributed by atoms with Gasteiger partial charge >= 0.3 is 12.0 Å². The van der Waals surface area contributed by atoms with Crippen molar-refractivity contribution in [3.63, 3.8) is 0 Å². The maximum Gasteiger partial charge on any atom is 0.323 e. The van der Waals surface area contributed by atoms with Gasteiger partial charge in [-0.15, -0.1) is 0 Å². The summed E-state index contributed by atoms with van der Waals surface area (Å²) in [5.41, 5.74) is 2.27. The van der Waals surface area contributed by atoms with Crippen LogP contribution in [0.25, 0.3) is 0 Å². The van der Waals surface area contributed by atoms with Gasteiger partial charge in [-0.2, -0.15) is 0 Å². The molecule has 0 spiro atoms. The normalized spacial score (nSPS) is 9.95. The standard InChI is InChI=1S/C16H15IN2O3/c1-10-8-12(17)6-7-15(10)19-16(21)18-13-4-3-5-14(9-13)22-11(2)20/h3-9H,1-2H3,(H2,18,19,21). The average molecular weight is 410 g/mol. The first-order valence-electron chi connectivity index (χ1n) is 6.56. The maximum atomic E-state index is 12.0. The third kappa shape index (κ3) is 4.73. The van der Waals surface area contributed by atoms with E-state index in [4.69, 9.17) is 4.74 Å². The summed E-state index contributed by atoms with van der Waals surface area (Å²) in [6.45, 7) is 3.26. The van der Waals surface area contributed by atoms with Gasteiger partial charge in [0.05, 0.1) is 0 Å². The van der Waals surface area contributed by atoms with Gasteiger partial charge in [0.25, 0.3) is 0 Å². The highest BCUT2D eigenvalue weighted by molar-refractivity contribution is 14.1. The number of anilines is 2. The number of hydrogen-bond donors (Lipinski definition) is 2. The van der Waals surface area contributed by atoms with Crippen molar-refractivity contribution < 1.29 is 14.3 Å². The Bertz CT molecular complexity index is 716. The molecule has 5 nitrogen and oxygen atoms in total. The summed E-state index contributed by atoms with van der Waals surface area (Å²) in [4.78, 5) is 23.0. The van der Waals surface area contributed by atoms with Crippen LogP contribution in [0.2, 0.25) is 0 Å². The SMILES string of the molecule is CC(=O)Oc1cccc(NC(=O)Nc2ccc(I)cc2C)c1.